The molecule has 0 radical (unpaired) electrons. The van der Waals surface area contributed by atoms with E-state index in [1.165, 1.54) is 0 Å². The van der Waals surface area contributed by atoms with Crippen LogP contribution in [0.1, 0.15) is 32.5 Å². The lowest BCUT2D eigenvalue weighted by molar-refractivity contribution is 0.0327. The molecule has 1 aromatic carbocycles. The Kier molecular flexibility index (Phi) is 6.42. The van der Waals surface area contributed by atoms with Crippen molar-refractivity contribution in [1.29, 1.82) is 0 Å². The molecule has 0 saturated carbocycles. The first-order valence-electron chi connectivity index (χ1n) is 9.17. The Bertz CT molecular complexity index is 705. The van der Waals surface area contributed by atoms with Crippen molar-refractivity contribution in [2.24, 2.45) is 5.16 Å². The molecule has 1 aromatic heterocycles. The van der Waals surface area contributed by atoms with Crippen LogP contribution in [0.2, 0.25) is 0 Å². The average molecular weight is 344 g/mol. The number of unbranched alkanes of at least 4 members (excludes halogenated alkanes) is 1. The van der Waals surface area contributed by atoms with E-state index >= 15 is 0 Å². The van der Waals surface area contributed by atoms with Gasteiger partial charge in [0, 0.05) is 13.1 Å². The molecular weight excluding hydrogens is 316 g/mol. The summed E-state index contributed by atoms with van der Waals surface area (Å²) in [5.74, 6) is 1.08. The highest BCUT2D eigenvalue weighted by molar-refractivity contribution is 5.84. The number of rotatable bonds is 8. The van der Waals surface area contributed by atoms with E-state index in [1.54, 1.807) is 0 Å². The first-order chi connectivity index (χ1) is 12.3. The third kappa shape index (κ3) is 4.80. The topological polar surface area (TPSA) is 51.9 Å². The predicted octanol–water partition coefficient (Wildman–Crippen LogP) is 3.06. The molecule has 1 aliphatic rings. The summed E-state index contributed by atoms with van der Waals surface area (Å²) in [5.41, 5.74) is 3.14. The smallest absolute Gasteiger partial charge is 0.124 e. The molecule has 1 saturated heterocycles. The van der Waals surface area contributed by atoms with Crippen LogP contribution in [-0.2, 0) is 22.7 Å². The molecule has 0 bridgehead atoms. The van der Waals surface area contributed by atoms with Crippen molar-refractivity contribution >= 4 is 16.7 Å². The molecule has 3 rings (SSSR count). The van der Waals surface area contributed by atoms with Crippen molar-refractivity contribution in [2.75, 3.05) is 32.9 Å². The van der Waals surface area contributed by atoms with Crippen LogP contribution in [0.15, 0.2) is 29.4 Å². The van der Waals surface area contributed by atoms with E-state index in [2.05, 4.69) is 39.7 Å². The standard InChI is InChI=1S/C19H28N4O2/c1-3-4-11-25-21-16(2)14-23-18-8-6-5-7-17(18)20-19(23)15-22-9-12-24-13-10-22/h5-8H,3-4,9-15H2,1-2H3/b21-16+. The van der Waals surface area contributed by atoms with Gasteiger partial charge in [0.25, 0.3) is 0 Å². The van der Waals surface area contributed by atoms with Crippen molar-refractivity contribution in [2.45, 2.75) is 39.8 Å². The van der Waals surface area contributed by atoms with E-state index in [4.69, 9.17) is 14.6 Å². The second kappa shape index (κ2) is 8.97. The number of hydrogen-bond acceptors (Lipinski definition) is 5. The number of ether oxygens (including phenoxy) is 1. The van der Waals surface area contributed by atoms with Crippen LogP contribution in [0.4, 0.5) is 0 Å². The molecule has 2 heterocycles. The molecule has 1 fully saturated rings. The molecule has 1 aliphatic heterocycles. The fourth-order valence-electron chi connectivity index (χ4n) is 3.00. The molecule has 136 valence electrons. The van der Waals surface area contributed by atoms with Crippen molar-refractivity contribution in [3.8, 4) is 0 Å². The van der Waals surface area contributed by atoms with Gasteiger partial charge in [0.15, 0.2) is 0 Å². The number of imidazole rings is 1. The molecule has 0 N–H and O–H groups in total. The number of morpholine rings is 1. The van der Waals surface area contributed by atoms with Crippen LogP contribution in [0, 0.1) is 0 Å². The van der Waals surface area contributed by atoms with Crippen LogP contribution in [0.3, 0.4) is 0 Å². The lowest BCUT2D eigenvalue weighted by atomic mass is 10.3. The van der Waals surface area contributed by atoms with Gasteiger partial charge in [-0.3, -0.25) is 4.90 Å². The second-order valence-corrected chi connectivity index (χ2v) is 6.50. The van der Waals surface area contributed by atoms with Gasteiger partial charge in [-0.2, -0.15) is 0 Å². The van der Waals surface area contributed by atoms with Gasteiger partial charge in [-0.05, 0) is 25.5 Å². The third-order valence-electron chi connectivity index (χ3n) is 4.40. The van der Waals surface area contributed by atoms with Crippen molar-refractivity contribution < 1.29 is 9.57 Å². The molecule has 25 heavy (non-hydrogen) atoms. The fourth-order valence-corrected chi connectivity index (χ4v) is 3.00. The second-order valence-electron chi connectivity index (χ2n) is 6.50. The predicted molar refractivity (Wildman–Crippen MR) is 99.8 cm³/mol. The minimum Gasteiger partial charge on any atom is -0.396 e. The zero-order chi connectivity index (χ0) is 17.5. The van der Waals surface area contributed by atoms with Gasteiger partial charge in [0.2, 0.25) is 0 Å². The highest BCUT2D eigenvalue weighted by Gasteiger charge is 2.17. The Morgan fingerprint density at radius 2 is 2.08 bits per heavy atom. The molecule has 0 amide bonds. The largest absolute Gasteiger partial charge is 0.396 e. The van der Waals surface area contributed by atoms with Crippen LogP contribution >= 0.6 is 0 Å². The first kappa shape index (κ1) is 17.9. The lowest BCUT2D eigenvalue weighted by Crippen LogP contribution is -2.36. The third-order valence-corrected chi connectivity index (χ3v) is 4.40. The van der Waals surface area contributed by atoms with Crippen LogP contribution in [0.5, 0.6) is 0 Å². The van der Waals surface area contributed by atoms with E-state index < -0.39 is 0 Å². The lowest BCUT2D eigenvalue weighted by Gasteiger charge is -2.26. The Labute approximate surface area is 149 Å². The highest BCUT2D eigenvalue weighted by Crippen LogP contribution is 2.18. The minimum absolute atomic E-state index is 0.680. The maximum Gasteiger partial charge on any atom is 0.124 e. The summed E-state index contributed by atoms with van der Waals surface area (Å²) in [6.45, 7) is 9.88. The number of fused-ring (bicyclic) bond motifs is 1. The molecule has 6 heteroatoms. The number of nitrogens with zero attached hydrogens (tertiary/aromatic N) is 4. The van der Waals surface area contributed by atoms with E-state index in [0.717, 1.165) is 68.3 Å². The number of para-hydroxylation sites is 2. The van der Waals surface area contributed by atoms with Gasteiger partial charge in [0.05, 0.1) is 43.0 Å². The van der Waals surface area contributed by atoms with Crippen LogP contribution < -0.4 is 0 Å². The summed E-state index contributed by atoms with van der Waals surface area (Å²) in [4.78, 5) is 12.7. The van der Waals surface area contributed by atoms with Crippen molar-refractivity contribution in [3.05, 3.63) is 30.1 Å². The highest BCUT2D eigenvalue weighted by atomic mass is 16.6. The molecular formula is C19H28N4O2. The minimum atomic E-state index is 0.680. The molecule has 0 aliphatic carbocycles. The summed E-state index contributed by atoms with van der Waals surface area (Å²) in [7, 11) is 0. The van der Waals surface area contributed by atoms with Gasteiger partial charge < -0.3 is 14.1 Å². The molecule has 0 unspecified atom stereocenters. The molecule has 2 aromatic rings. The molecule has 0 atom stereocenters. The van der Waals surface area contributed by atoms with E-state index in [9.17, 15) is 0 Å². The maximum atomic E-state index is 5.45. The van der Waals surface area contributed by atoms with Gasteiger partial charge >= 0.3 is 0 Å². The number of benzene rings is 1. The summed E-state index contributed by atoms with van der Waals surface area (Å²) < 4.78 is 7.71. The Hall–Kier alpha value is -1.92. The molecule has 6 nitrogen and oxygen atoms in total. The van der Waals surface area contributed by atoms with Crippen molar-refractivity contribution in [1.82, 2.24) is 14.5 Å². The number of hydrogen-bond donors (Lipinski definition) is 0. The quantitative estimate of drug-likeness (QED) is 0.419. The van der Waals surface area contributed by atoms with Gasteiger partial charge in [-0.1, -0.05) is 30.6 Å². The van der Waals surface area contributed by atoms with Gasteiger partial charge in [0.1, 0.15) is 12.4 Å². The van der Waals surface area contributed by atoms with Crippen LogP contribution in [-0.4, -0.2) is 53.1 Å². The fraction of sp³-hybridized carbons (Fsp3) is 0.579. The van der Waals surface area contributed by atoms with E-state index in [0.29, 0.717) is 13.2 Å². The van der Waals surface area contributed by atoms with E-state index in [1.807, 2.05) is 13.0 Å². The number of oxime groups is 1. The van der Waals surface area contributed by atoms with E-state index in [-0.39, 0.29) is 0 Å². The number of aromatic nitrogens is 2. The first-order valence-corrected chi connectivity index (χ1v) is 9.17. The summed E-state index contributed by atoms with van der Waals surface area (Å²) in [6.07, 6.45) is 2.15. The van der Waals surface area contributed by atoms with Crippen LogP contribution in [0.25, 0.3) is 11.0 Å². The summed E-state index contributed by atoms with van der Waals surface area (Å²) in [6, 6.07) is 8.28. The van der Waals surface area contributed by atoms with Crippen molar-refractivity contribution in [3.63, 3.8) is 0 Å². The zero-order valence-electron chi connectivity index (χ0n) is 15.3. The summed E-state index contributed by atoms with van der Waals surface area (Å²) in [5, 5.41) is 4.27. The molecule has 0 spiro atoms. The SMILES string of the molecule is CCCCO/N=C(\C)Cn1c(CN2CCOCC2)nc2ccccc21. The normalized spacial score (nSPS) is 16.5. The Morgan fingerprint density at radius 1 is 1.28 bits per heavy atom. The summed E-state index contributed by atoms with van der Waals surface area (Å²) >= 11 is 0. The van der Waals surface area contributed by atoms with Gasteiger partial charge in [-0.15, -0.1) is 0 Å². The monoisotopic (exact) mass is 344 g/mol. The van der Waals surface area contributed by atoms with Gasteiger partial charge in [-0.25, -0.2) is 4.98 Å². The zero-order valence-corrected chi connectivity index (χ0v) is 15.3. The average Bonchev–Trinajstić information content (AvgIpc) is 2.97. The Morgan fingerprint density at radius 3 is 2.88 bits per heavy atom. The Balaban J connectivity index is 1.77. The maximum absolute atomic E-state index is 5.45.